The predicted octanol–water partition coefficient (Wildman–Crippen LogP) is 4.08. The number of hydrogen-bond donors (Lipinski definition) is 0. The maximum Gasteiger partial charge on any atom is 0.279 e. The number of carbonyl (C=O) groups is 1. The fraction of sp³-hybridized carbons (Fsp3) is 0.111. The van der Waals surface area contributed by atoms with E-state index in [4.69, 9.17) is 6.42 Å². The van der Waals surface area contributed by atoms with Crippen molar-refractivity contribution >= 4 is 39.2 Å². The third kappa shape index (κ3) is 3.50. The first-order valence-corrected chi connectivity index (χ1v) is 9.22. The molecule has 1 heterocycles. The average molecular weight is 374 g/mol. The monoisotopic (exact) mass is 374 g/mol. The highest BCUT2D eigenvalue weighted by Gasteiger charge is 2.14. The minimum atomic E-state index is -0.736. The van der Waals surface area contributed by atoms with E-state index < -0.39 is 17.5 Å². The third-order valence-corrected chi connectivity index (χ3v) is 5.25. The fourth-order valence-electron chi connectivity index (χ4n) is 2.34. The number of benzene rings is 2. The van der Waals surface area contributed by atoms with E-state index in [1.165, 1.54) is 10.6 Å². The van der Waals surface area contributed by atoms with Gasteiger partial charge in [-0.05, 0) is 36.6 Å². The van der Waals surface area contributed by atoms with Crippen LogP contribution in [-0.4, -0.2) is 16.7 Å². The Kier molecular flexibility index (Phi) is 5.02. The summed E-state index contributed by atoms with van der Waals surface area (Å²) in [6.45, 7) is 0.0279. The Hall–Kier alpha value is -2.43. The summed E-state index contributed by atoms with van der Waals surface area (Å²) in [6, 6.07) is 8.99. The molecule has 0 unspecified atom stereocenters. The lowest BCUT2D eigenvalue weighted by atomic mass is 10.2. The molecule has 3 aromatic rings. The van der Waals surface area contributed by atoms with Gasteiger partial charge in [0.15, 0.2) is 10.6 Å². The van der Waals surface area contributed by atoms with E-state index in [9.17, 15) is 13.6 Å². The predicted molar refractivity (Wildman–Crippen MR) is 96.7 cm³/mol. The van der Waals surface area contributed by atoms with Gasteiger partial charge in [-0.25, -0.2) is 8.78 Å². The Bertz CT molecular complexity index is 1060. The first-order chi connectivity index (χ1) is 12.0. The van der Waals surface area contributed by atoms with Crippen molar-refractivity contribution in [2.24, 2.45) is 4.99 Å². The molecule has 0 N–H and O–H groups in total. The largest absolute Gasteiger partial charge is 0.302 e. The molecule has 1 amide bonds. The van der Waals surface area contributed by atoms with Crippen molar-refractivity contribution in [2.75, 3.05) is 6.26 Å². The van der Waals surface area contributed by atoms with Crippen LogP contribution in [0.15, 0.2) is 46.3 Å². The van der Waals surface area contributed by atoms with Gasteiger partial charge in [-0.15, -0.1) is 18.2 Å². The number of aromatic nitrogens is 1. The van der Waals surface area contributed by atoms with Crippen LogP contribution in [-0.2, 0) is 6.54 Å². The Morgan fingerprint density at radius 1 is 1.32 bits per heavy atom. The molecule has 3 nitrogen and oxygen atoms in total. The van der Waals surface area contributed by atoms with Gasteiger partial charge in [0.05, 0.1) is 16.8 Å². The van der Waals surface area contributed by atoms with Crippen LogP contribution < -0.4 is 4.80 Å². The first-order valence-electron chi connectivity index (χ1n) is 7.18. The molecule has 0 aliphatic rings. The number of amides is 1. The van der Waals surface area contributed by atoms with E-state index in [2.05, 4.69) is 10.9 Å². The number of terminal acetylenes is 1. The second kappa shape index (κ2) is 7.21. The van der Waals surface area contributed by atoms with Gasteiger partial charge in [0, 0.05) is 16.5 Å². The lowest BCUT2D eigenvalue weighted by Gasteiger charge is -2.01. The van der Waals surface area contributed by atoms with Gasteiger partial charge < -0.3 is 4.57 Å². The molecule has 0 spiro atoms. The third-order valence-electron chi connectivity index (χ3n) is 3.48. The molecule has 3 rings (SSSR count). The fourth-order valence-corrected chi connectivity index (χ4v) is 3.81. The average Bonchev–Trinajstić information content (AvgIpc) is 2.92. The first kappa shape index (κ1) is 17.4. The number of thioether (sulfide) groups is 1. The zero-order chi connectivity index (χ0) is 18.0. The van der Waals surface area contributed by atoms with Crippen molar-refractivity contribution in [3.05, 3.63) is 58.4 Å². The topological polar surface area (TPSA) is 34.4 Å². The second-order valence-corrected chi connectivity index (χ2v) is 6.94. The van der Waals surface area contributed by atoms with Gasteiger partial charge in [0.2, 0.25) is 0 Å². The van der Waals surface area contributed by atoms with Crippen LogP contribution in [0, 0.1) is 24.0 Å². The van der Waals surface area contributed by atoms with Crippen molar-refractivity contribution in [1.29, 1.82) is 0 Å². The Labute approximate surface area is 151 Å². The summed E-state index contributed by atoms with van der Waals surface area (Å²) in [5.41, 5.74) is 0.558. The molecule has 25 heavy (non-hydrogen) atoms. The quantitative estimate of drug-likeness (QED) is 0.511. The molecule has 0 atom stereocenters. The summed E-state index contributed by atoms with van der Waals surface area (Å²) < 4.78 is 29.3. The van der Waals surface area contributed by atoms with Crippen molar-refractivity contribution < 1.29 is 13.6 Å². The molecule has 0 bridgehead atoms. The molecule has 7 heteroatoms. The smallest absolute Gasteiger partial charge is 0.279 e. The Balaban J connectivity index is 2.14. The number of rotatable bonds is 3. The van der Waals surface area contributed by atoms with Crippen molar-refractivity contribution in [3.63, 3.8) is 0 Å². The summed E-state index contributed by atoms with van der Waals surface area (Å²) >= 11 is 2.58. The van der Waals surface area contributed by atoms with Gasteiger partial charge in [0.25, 0.3) is 5.91 Å². The highest BCUT2D eigenvalue weighted by molar-refractivity contribution is 7.98. The molecule has 0 saturated carbocycles. The van der Waals surface area contributed by atoms with Crippen LogP contribution in [0.1, 0.15) is 10.4 Å². The van der Waals surface area contributed by atoms with E-state index in [0.29, 0.717) is 10.3 Å². The lowest BCUT2D eigenvalue weighted by Crippen LogP contribution is -2.17. The van der Waals surface area contributed by atoms with Crippen molar-refractivity contribution in [3.8, 4) is 12.3 Å². The number of nitrogens with zero attached hydrogens (tertiary/aromatic N) is 2. The molecular formula is C18H12F2N2OS2. The lowest BCUT2D eigenvalue weighted by molar-refractivity contribution is 0.0998. The van der Waals surface area contributed by atoms with Crippen LogP contribution in [0.4, 0.5) is 8.78 Å². The van der Waals surface area contributed by atoms with Gasteiger partial charge in [-0.2, -0.15) is 4.99 Å². The van der Waals surface area contributed by atoms with Gasteiger partial charge in [0.1, 0.15) is 5.82 Å². The molecule has 0 radical (unpaired) electrons. The Morgan fingerprint density at radius 3 is 2.68 bits per heavy atom. The summed E-state index contributed by atoms with van der Waals surface area (Å²) in [5, 5.41) is 0. The number of halogens is 2. The van der Waals surface area contributed by atoms with E-state index in [0.717, 1.165) is 22.3 Å². The van der Waals surface area contributed by atoms with E-state index in [-0.39, 0.29) is 16.9 Å². The number of carbonyl (C=O) groups excluding carboxylic acids is 1. The van der Waals surface area contributed by atoms with Crippen LogP contribution in [0.5, 0.6) is 0 Å². The Morgan fingerprint density at radius 2 is 2.04 bits per heavy atom. The molecule has 0 saturated heterocycles. The van der Waals surface area contributed by atoms with Crippen LogP contribution >= 0.6 is 23.1 Å². The standard InChI is InChI=1S/C18H12F2N2OS2/c1-3-8-22-16-14(20)9-12(19)10-15(16)25-18(22)21-17(23)11-4-6-13(24-2)7-5-11/h1,4-7,9-10H,8H2,2H3. The molecule has 126 valence electrons. The highest BCUT2D eigenvalue weighted by atomic mass is 32.2. The zero-order valence-corrected chi connectivity index (χ0v) is 14.8. The van der Waals surface area contributed by atoms with Gasteiger partial charge in [-0.1, -0.05) is 17.3 Å². The molecule has 0 aliphatic heterocycles. The number of fused-ring (bicyclic) bond motifs is 1. The summed E-state index contributed by atoms with van der Waals surface area (Å²) in [5.74, 6) is 0.514. The minimum absolute atomic E-state index is 0.0279. The van der Waals surface area contributed by atoms with Gasteiger partial charge in [-0.3, -0.25) is 4.79 Å². The number of hydrogen-bond acceptors (Lipinski definition) is 3. The zero-order valence-electron chi connectivity index (χ0n) is 13.1. The minimum Gasteiger partial charge on any atom is -0.302 e. The van der Waals surface area contributed by atoms with E-state index in [1.807, 2.05) is 18.4 Å². The molecular weight excluding hydrogens is 362 g/mol. The van der Waals surface area contributed by atoms with Crippen molar-refractivity contribution in [1.82, 2.24) is 4.57 Å². The normalized spacial score (nSPS) is 11.7. The molecule has 1 aromatic heterocycles. The summed E-state index contributed by atoms with van der Waals surface area (Å²) in [4.78, 5) is 17.7. The summed E-state index contributed by atoms with van der Waals surface area (Å²) in [7, 11) is 0. The molecule has 0 fully saturated rings. The summed E-state index contributed by atoms with van der Waals surface area (Å²) in [6.07, 6.45) is 7.28. The van der Waals surface area contributed by atoms with Crippen molar-refractivity contribution in [2.45, 2.75) is 11.4 Å². The molecule has 2 aromatic carbocycles. The molecule has 0 aliphatic carbocycles. The second-order valence-electron chi connectivity index (χ2n) is 5.05. The maximum atomic E-state index is 14.1. The van der Waals surface area contributed by atoms with Gasteiger partial charge >= 0.3 is 0 Å². The van der Waals surface area contributed by atoms with E-state index in [1.54, 1.807) is 23.9 Å². The number of thiazole rings is 1. The van der Waals surface area contributed by atoms with Crippen LogP contribution in [0.2, 0.25) is 0 Å². The van der Waals surface area contributed by atoms with Crippen LogP contribution in [0.3, 0.4) is 0 Å². The maximum absolute atomic E-state index is 14.1. The van der Waals surface area contributed by atoms with Crippen LogP contribution in [0.25, 0.3) is 10.2 Å². The van der Waals surface area contributed by atoms with E-state index >= 15 is 0 Å². The SMILES string of the molecule is C#CCn1c(=NC(=O)c2ccc(SC)cc2)sc2cc(F)cc(F)c21. The highest BCUT2D eigenvalue weighted by Crippen LogP contribution is 2.22.